The molecule has 0 fully saturated rings. The van der Waals surface area contributed by atoms with Crippen LogP contribution < -0.4 is 5.32 Å². The van der Waals surface area contributed by atoms with E-state index in [1.165, 1.54) is 0 Å². The Bertz CT molecular complexity index is 531. The van der Waals surface area contributed by atoms with Gasteiger partial charge in [0.05, 0.1) is 5.69 Å². The van der Waals surface area contributed by atoms with Gasteiger partial charge in [-0.15, -0.1) is 0 Å². The molecule has 1 heterocycles. The highest BCUT2D eigenvalue weighted by Crippen LogP contribution is 2.38. The van der Waals surface area contributed by atoms with Crippen LogP contribution in [0.5, 0.6) is 0 Å². The highest BCUT2D eigenvalue weighted by molar-refractivity contribution is 6.48. The molecule has 0 aliphatic rings. The Hall–Kier alpha value is -0.670. The fourth-order valence-corrected chi connectivity index (χ4v) is 2.29. The van der Waals surface area contributed by atoms with Crippen molar-refractivity contribution in [2.45, 2.75) is 6.54 Å². The first-order valence-corrected chi connectivity index (χ1v) is 6.58. The largest absolute Gasteiger partial charge is 0.378 e. The van der Waals surface area contributed by atoms with Crippen molar-refractivity contribution in [3.63, 3.8) is 0 Å². The molecule has 18 heavy (non-hydrogen) atoms. The van der Waals surface area contributed by atoms with Crippen molar-refractivity contribution in [2.24, 2.45) is 0 Å². The topological polar surface area (TPSA) is 24.9 Å². The molecule has 0 saturated heterocycles. The molecule has 1 aromatic carbocycles. The summed E-state index contributed by atoms with van der Waals surface area (Å²) in [5.74, 6) is 0. The minimum atomic E-state index is 0.127. The molecule has 0 radical (unpaired) electrons. The van der Waals surface area contributed by atoms with E-state index in [4.69, 9.17) is 46.4 Å². The minimum absolute atomic E-state index is 0.127. The Balaban J connectivity index is 2.24. The van der Waals surface area contributed by atoms with Gasteiger partial charge >= 0.3 is 0 Å². The quantitative estimate of drug-likeness (QED) is 0.775. The predicted octanol–water partition coefficient (Wildman–Crippen LogP) is 5.31. The van der Waals surface area contributed by atoms with Gasteiger partial charge in [-0.1, -0.05) is 76.7 Å². The Kier molecular flexibility index (Phi) is 4.57. The Morgan fingerprint density at radius 1 is 0.889 bits per heavy atom. The Morgan fingerprint density at radius 3 is 2.00 bits per heavy atom. The van der Waals surface area contributed by atoms with Crippen LogP contribution in [-0.4, -0.2) is 4.98 Å². The average Bonchev–Trinajstić information content (AvgIpc) is 2.38. The minimum Gasteiger partial charge on any atom is -0.378 e. The lowest BCUT2D eigenvalue weighted by atomic mass is 10.2. The van der Waals surface area contributed by atoms with Crippen LogP contribution >= 0.6 is 46.4 Å². The maximum atomic E-state index is 6.04. The molecule has 1 N–H and O–H groups in total. The zero-order valence-corrected chi connectivity index (χ0v) is 12.1. The van der Waals surface area contributed by atoms with Gasteiger partial charge in [-0.3, -0.25) is 0 Å². The van der Waals surface area contributed by atoms with Crippen molar-refractivity contribution in [3.05, 3.63) is 56.2 Å². The monoisotopic (exact) mass is 320 g/mol. The lowest BCUT2D eigenvalue weighted by molar-refractivity contribution is 1.14. The summed E-state index contributed by atoms with van der Waals surface area (Å²) in [5.41, 5.74) is 1.58. The van der Waals surface area contributed by atoms with E-state index in [2.05, 4.69) is 10.3 Å². The van der Waals surface area contributed by atoms with Crippen LogP contribution in [0.4, 0.5) is 5.69 Å². The van der Waals surface area contributed by atoms with Crippen molar-refractivity contribution >= 4 is 52.1 Å². The van der Waals surface area contributed by atoms with Crippen LogP contribution in [0.3, 0.4) is 0 Å². The maximum absolute atomic E-state index is 6.04. The number of halogens is 4. The van der Waals surface area contributed by atoms with Crippen molar-refractivity contribution in [1.29, 1.82) is 0 Å². The summed E-state index contributed by atoms with van der Waals surface area (Å²) in [6.45, 7) is 0.566. The first-order valence-electron chi connectivity index (χ1n) is 5.07. The lowest BCUT2D eigenvalue weighted by Crippen LogP contribution is -2.01. The molecule has 2 nitrogen and oxygen atoms in total. The second-order valence-electron chi connectivity index (χ2n) is 3.54. The number of benzene rings is 1. The molecule has 0 amide bonds. The SMILES string of the molecule is Clc1nc(Cl)c(Cl)c(NCc2ccccc2)c1Cl. The molecule has 94 valence electrons. The van der Waals surface area contributed by atoms with Gasteiger partial charge in [0.2, 0.25) is 0 Å². The van der Waals surface area contributed by atoms with E-state index in [9.17, 15) is 0 Å². The molecular formula is C12H8Cl4N2. The second-order valence-corrected chi connectivity index (χ2v) is 5.01. The third-order valence-electron chi connectivity index (χ3n) is 2.31. The molecule has 2 aromatic rings. The number of aromatic nitrogens is 1. The fourth-order valence-electron chi connectivity index (χ4n) is 1.43. The van der Waals surface area contributed by atoms with Gasteiger partial charge in [-0.2, -0.15) is 0 Å². The second kappa shape index (κ2) is 5.98. The van der Waals surface area contributed by atoms with Gasteiger partial charge in [0, 0.05) is 6.54 Å². The molecule has 0 aliphatic heterocycles. The van der Waals surface area contributed by atoms with Crippen LogP contribution in [0, 0.1) is 0 Å². The molecule has 1 aromatic heterocycles. The van der Waals surface area contributed by atoms with Crippen LogP contribution in [0.2, 0.25) is 20.4 Å². The normalized spacial score (nSPS) is 10.4. The van der Waals surface area contributed by atoms with Crippen LogP contribution in [0.25, 0.3) is 0 Å². The van der Waals surface area contributed by atoms with Gasteiger partial charge in [0.25, 0.3) is 0 Å². The van der Waals surface area contributed by atoms with E-state index in [0.717, 1.165) is 5.56 Å². The summed E-state index contributed by atoms with van der Waals surface area (Å²) in [6, 6.07) is 9.82. The predicted molar refractivity (Wildman–Crippen MR) is 78.0 cm³/mol. The van der Waals surface area contributed by atoms with Crippen LogP contribution in [0.15, 0.2) is 30.3 Å². The van der Waals surface area contributed by atoms with Crippen molar-refractivity contribution in [2.75, 3.05) is 5.32 Å². The zero-order chi connectivity index (χ0) is 13.1. The van der Waals surface area contributed by atoms with E-state index >= 15 is 0 Å². The van der Waals surface area contributed by atoms with Gasteiger partial charge in [0.1, 0.15) is 10.0 Å². The Labute approximate surface area is 125 Å². The van der Waals surface area contributed by atoms with E-state index in [0.29, 0.717) is 12.2 Å². The summed E-state index contributed by atoms with van der Waals surface area (Å²) >= 11 is 23.8. The molecule has 0 spiro atoms. The van der Waals surface area contributed by atoms with Gasteiger partial charge in [0.15, 0.2) is 10.3 Å². The number of anilines is 1. The molecule has 0 unspecified atom stereocenters. The third-order valence-corrected chi connectivity index (χ3v) is 3.79. The maximum Gasteiger partial charge on any atom is 0.151 e. The molecule has 6 heteroatoms. The first kappa shape index (κ1) is 13.8. The Morgan fingerprint density at radius 2 is 1.44 bits per heavy atom. The third kappa shape index (κ3) is 3.01. The number of hydrogen-bond donors (Lipinski definition) is 1. The molecule has 0 aliphatic carbocycles. The smallest absolute Gasteiger partial charge is 0.151 e. The number of hydrogen-bond acceptors (Lipinski definition) is 2. The van der Waals surface area contributed by atoms with Crippen LogP contribution in [0.1, 0.15) is 5.56 Å². The summed E-state index contributed by atoms with van der Waals surface area (Å²) < 4.78 is 0. The lowest BCUT2D eigenvalue weighted by Gasteiger charge is -2.12. The van der Waals surface area contributed by atoms with Crippen molar-refractivity contribution < 1.29 is 0 Å². The highest BCUT2D eigenvalue weighted by Gasteiger charge is 2.14. The van der Waals surface area contributed by atoms with E-state index < -0.39 is 0 Å². The molecule has 0 atom stereocenters. The molecule has 2 rings (SSSR count). The number of nitrogens with zero attached hydrogens (tertiary/aromatic N) is 1. The number of nitrogens with one attached hydrogen (secondary N) is 1. The van der Waals surface area contributed by atoms with Crippen molar-refractivity contribution in [3.8, 4) is 0 Å². The van der Waals surface area contributed by atoms with Crippen molar-refractivity contribution in [1.82, 2.24) is 4.98 Å². The summed E-state index contributed by atoms with van der Waals surface area (Å²) in [6.07, 6.45) is 0. The first-order chi connectivity index (χ1) is 8.59. The van der Waals surface area contributed by atoms with E-state index in [-0.39, 0.29) is 20.4 Å². The summed E-state index contributed by atoms with van der Waals surface area (Å²) in [5, 5.41) is 3.89. The fraction of sp³-hybridized carbons (Fsp3) is 0.0833. The standard InChI is InChI=1S/C12H8Cl4N2/c13-8-10(9(14)12(16)18-11(8)15)17-6-7-4-2-1-3-5-7/h1-5H,6H2,(H,17,18). The summed E-state index contributed by atoms with van der Waals surface area (Å²) in [4.78, 5) is 3.82. The highest BCUT2D eigenvalue weighted by atomic mass is 35.5. The van der Waals surface area contributed by atoms with E-state index in [1.54, 1.807) is 0 Å². The van der Waals surface area contributed by atoms with Gasteiger partial charge < -0.3 is 5.32 Å². The van der Waals surface area contributed by atoms with Gasteiger partial charge in [-0.05, 0) is 5.56 Å². The molecular weight excluding hydrogens is 314 g/mol. The number of rotatable bonds is 3. The number of pyridine rings is 1. The molecule has 0 saturated carbocycles. The molecule has 0 bridgehead atoms. The van der Waals surface area contributed by atoms with Crippen LogP contribution in [-0.2, 0) is 6.54 Å². The zero-order valence-electron chi connectivity index (χ0n) is 9.05. The average molecular weight is 322 g/mol. The summed E-state index contributed by atoms with van der Waals surface area (Å²) in [7, 11) is 0. The van der Waals surface area contributed by atoms with Gasteiger partial charge in [-0.25, -0.2) is 4.98 Å². The van der Waals surface area contributed by atoms with E-state index in [1.807, 2.05) is 30.3 Å².